The molecule has 0 saturated carbocycles. The number of hydroxylamine groups is 1. The first-order chi connectivity index (χ1) is 7.72. The number of hydrogen-bond acceptors (Lipinski definition) is 3. The van der Waals surface area contributed by atoms with Gasteiger partial charge < -0.3 is 5.73 Å². The van der Waals surface area contributed by atoms with E-state index in [0.29, 0.717) is 0 Å². The Bertz CT molecular complexity index is 409. The topological polar surface area (TPSA) is 83.0 Å². The second-order valence-corrected chi connectivity index (χ2v) is 3.14. The first-order valence-electron chi connectivity index (χ1n) is 4.72. The van der Waals surface area contributed by atoms with Crippen LogP contribution < -0.4 is 11.2 Å². The monoisotopic (exact) mass is 218 g/mol. The Kier molecular flexibility index (Phi) is 4.75. The van der Waals surface area contributed by atoms with Crippen LogP contribution in [0, 0.1) is 0 Å². The van der Waals surface area contributed by atoms with Gasteiger partial charge in [-0.3, -0.25) is 5.21 Å². The number of allylic oxidation sites excluding steroid dienone is 1. The van der Waals surface area contributed by atoms with Gasteiger partial charge in [-0.1, -0.05) is 36.4 Å². The van der Waals surface area contributed by atoms with Gasteiger partial charge in [-0.15, -0.1) is 5.10 Å². The van der Waals surface area contributed by atoms with Crippen molar-refractivity contribution in [1.29, 1.82) is 0 Å². The SMILES string of the molecule is CC(C=NN=C(N)NO)=Cc1ccccc1. The van der Waals surface area contributed by atoms with Crippen molar-refractivity contribution < 1.29 is 5.21 Å². The average molecular weight is 218 g/mol. The number of rotatable bonds is 3. The minimum absolute atomic E-state index is 0.149. The van der Waals surface area contributed by atoms with Crippen LogP contribution in [0.1, 0.15) is 12.5 Å². The van der Waals surface area contributed by atoms with Gasteiger partial charge in [0.1, 0.15) is 0 Å². The van der Waals surface area contributed by atoms with Crippen molar-refractivity contribution in [2.24, 2.45) is 15.9 Å². The summed E-state index contributed by atoms with van der Waals surface area (Å²) in [4.78, 5) is 0. The number of nitrogens with zero attached hydrogens (tertiary/aromatic N) is 2. The minimum atomic E-state index is -0.149. The average Bonchev–Trinajstić information content (AvgIpc) is 2.30. The summed E-state index contributed by atoms with van der Waals surface area (Å²) in [5, 5.41) is 15.5. The van der Waals surface area contributed by atoms with Crippen LogP contribution in [0.5, 0.6) is 0 Å². The number of benzene rings is 1. The van der Waals surface area contributed by atoms with Gasteiger partial charge in [0.05, 0.1) is 6.21 Å². The Labute approximate surface area is 94.0 Å². The lowest BCUT2D eigenvalue weighted by Gasteiger charge is -1.94. The molecular formula is C11H14N4O. The van der Waals surface area contributed by atoms with Gasteiger partial charge in [-0.2, -0.15) is 5.10 Å². The van der Waals surface area contributed by atoms with E-state index < -0.39 is 0 Å². The summed E-state index contributed by atoms with van der Waals surface area (Å²) in [7, 11) is 0. The van der Waals surface area contributed by atoms with E-state index in [4.69, 9.17) is 10.9 Å². The third-order valence-corrected chi connectivity index (χ3v) is 1.74. The molecule has 0 bridgehead atoms. The Morgan fingerprint density at radius 1 is 1.38 bits per heavy atom. The molecule has 5 heteroatoms. The number of guanidine groups is 1. The summed E-state index contributed by atoms with van der Waals surface area (Å²) < 4.78 is 0. The molecule has 4 N–H and O–H groups in total. The molecule has 0 radical (unpaired) electrons. The van der Waals surface area contributed by atoms with Crippen molar-refractivity contribution >= 4 is 18.3 Å². The Morgan fingerprint density at radius 2 is 2.06 bits per heavy atom. The van der Waals surface area contributed by atoms with Crippen LogP contribution in [-0.4, -0.2) is 17.4 Å². The molecule has 1 rings (SSSR count). The van der Waals surface area contributed by atoms with Crippen molar-refractivity contribution in [3.63, 3.8) is 0 Å². The normalized spacial score (nSPS) is 13.1. The Balaban J connectivity index is 2.66. The van der Waals surface area contributed by atoms with Crippen LogP contribution in [0.3, 0.4) is 0 Å². The standard InChI is InChI=1S/C11H14N4O/c1-9(8-13-14-11(12)15-16)7-10-5-3-2-4-6-10/h2-8,16H,1H3,(H3,12,14,15). The smallest absolute Gasteiger partial charge is 0.237 e. The first kappa shape index (κ1) is 11.9. The highest BCUT2D eigenvalue weighted by Gasteiger charge is 1.87. The zero-order chi connectivity index (χ0) is 11.8. The fraction of sp³-hybridized carbons (Fsp3) is 0.0909. The van der Waals surface area contributed by atoms with Gasteiger partial charge in [-0.05, 0) is 18.1 Å². The summed E-state index contributed by atoms with van der Waals surface area (Å²) in [6, 6.07) is 9.86. The molecule has 5 nitrogen and oxygen atoms in total. The quantitative estimate of drug-likeness (QED) is 0.407. The molecule has 0 aromatic heterocycles. The predicted octanol–water partition coefficient (Wildman–Crippen LogP) is 1.37. The van der Waals surface area contributed by atoms with E-state index in [1.807, 2.05) is 43.3 Å². The number of nitrogens with two attached hydrogens (primary N) is 1. The fourth-order valence-corrected chi connectivity index (χ4v) is 1.05. The summed E-state index contributed by atoms with van der Waals surface area (Å²) in [6.45, 7) is 1.90. The zero-order valence-electron chi connectivity index (χ0n) is 8.96. The molecule has 0 aliphatic carbocycles. The van der Waals surface area contributed by atoms with Crippen LogP contribution in [0.25, 0.3) is 6.08 Å². The van der Waals surface area contributed by atoms with Crippen LogP contribution in [-0.2, 0) is 0 Å². The second kappa shape index (κ2) is 6.36. The van der Waals surface area contributed by atoms with E-state index in [2.05, 4.69) is 10.2 Å². The summed E-state index contributed by atoms with van der Waals surface area (Å²) >= 11 is 0. The van der Waals surface area contributed by atoms with E-state index in [0.717, 1.165) is 11.1 Å². The molecule has 0 spiro atoms. The molecule has 16 heavy (non-hydrogen) atoms. The maximum atomic E-state index is 8.34. The Morgan fingerprint density at radius 3 is 2.69 bits per heavy atom. The van der Waals surface area contributed by atoms with Gasteiger partial charge in [0.15, 0.2) is 0 Å². The summed E-state index contributed by atoms with van der Waals surface area (Å²) in [5.41, 5.74) is 8.87. The third-order valence-electron chi connectivity index (χ3n) is 1.74. The molecule has 0 unspecified atom stereocenters. The molecule has 0 atom stereocenters. The number of nitrogens with one attached hydrogen (secondary N) is 1. The zero-order valence-corrected chi connectivity index (χ0v) is 8.96. The van der Waals surface area contributed by atoms with Crippen molar-refractivity contribution in [3.8, 4) is 0 Å². The van der Waals surface area contributed by atoms with Crippen LogP contribution in [0.2, 0.25) is 0 Å². The summed E-state index contributed by atoms with van der Waals surface area (Å²) in [5.74, 6) is -0.149. The molecule has 0 aliphatic heterocycles. The van der Waals surface area contributed by atoms with E-state index in [-0.39, 0.29) is 5.96 Å². The molecule has 0 fully saturated rings. The van der Waals surface area contributed by atoms with E-state index in [1.54, 1.807) is 11.7 Å². The fourth-order valence-electron chi connectivity index (χ4n) is 1.05. The van der Waals surface area contributed by atoms with E-state index in [1.165, 1.54) is 0 Å². The summed E-state index contributed by atoms with van der Waals surface area (Å²) in [6.07, 6.45) is 3.51. The molecule has 84 valence electrons. The molecule has 1 aromatic rings. The van der Waals surface area contributed by atoms with E-state index >= 15 is 0 Å². The maximum absolute atomic E-state index is 8.34. The molecule has 0 heterocycles. The van der Waals surface area contributed by atoms with Crippen LogP contribution in [0.4, 0.5) is 0 Å². The van der Waals surface area contributed by atoms with Crippen molar-refractivity contribution in [2.75, 3.05) is 0 Å². The lowest BCUT2D eigenvalue weighted by Crippen LogP contribution is -2.27. The lowest BCUT2D eigenvalue weighted by molar-refractivity contribution is 0.232. The van der Waals surface area contributed by atoms with E-state index in [9.17, 15) is 0 Å². The van der Waals surface area contributed by atoms with Crippen molar-refractivity contribution in [3.05, 3.63) is 41.5 Å². The first-order valence-corrected chi connectivity index (χ1v) is 4.72. The number of hydrogen-bond donors (Lipinski definition) is 3. The highest BCUT2D eigenvalue weighted by atomic mass is 16.5. The molecular weight excluding hydrogens is 204 g/mol. The van der Waals surface area contributed by atoms with Crippen molar-refractivity contribution in [1.82, 2.24) is 5.48 Å². The van der Waals surface area contributed by atoms with Gasteiger partial charge in [0.2, 0.25) is 5.96 Å². The minimum Gasteiger partial charge on any atom is -0.367 e. The van der Waals surface area contributed by atoms with Gasteiger partial charge >= 0.3 is 0 Å². The largest absolute Gasteiger partial charge is 0.367 e. The van der Waals surface area contributed by atoms with Crippen LogP contribution >= 0.6 is 0 Å². The lowest BCUT2D eigenvalue weighted by atomic mass is 10.1. The molecule has 0 amide bonds. The molecule has 0 aliphatic rings. The highest BCUT2D eigenvalue weighted by Crippen LogP contribution is 2.04. The second-order valence-electron chi connectivity index (χ2n) is 3.14. The van der Waals surface area contributed by atoms with Gasteiger partial charge in [0.25, 0.3) is 0 Å². The van der Waals surface area contributed by atoms with Crippen LogP contribution in [0.15, 0.2) is 46.1 Å². The maximum Gasteiger partial charge on any atom is 0.237 e. The molecule has 1 aromatic carbocycles. The van der Waals surface area contributed by atoms with Gasteiger partial charge in [0, 0.05) is 0 Å². The highest BCUT2D eigenvalue weighted by molar-refractivity contribution is 5.85. The Hall–Kier alpha value is -2.14. The third kappa shape index (κ3) is 4.39. The van der Waals surface area contributed by atoms with Gasteiger partial charge in [-0.25, -0.2) is 5.48 Å². The predicted molar refractivity (Wildman–Crippen MR) is 65.1 cm³/mol. The molecule has 0 saturated heterocycles. The van der Waals surface area contributed by atoms with Crippen molar-refractivity contribution in [2.45, 2.75) is 6.92 Å².